The predicted octanol–water partition coefficient (Wildman–Crippen LogP) is 1.65. The minimum absolute atomic E-state index is 0. The first kappa shape index (κ1) is 9.76. The monoisotopic (exact) mass is 143 g/mol. The molecule has 0 heterocycles. The summed E-state index contributed by atoms with van der Waals surface area (Å²) >= 11 is 0. The summed E-state index contributed by atoms with van der Waals surface area (Å²) in [5, 5.41) is 9.04. The largest absolute Gasteiger partial charge is 0.507 e. The number of phenols is 1. The molecule has 2 heteroatoms. The zero-order valence-electron chi connectivity index (χ0n) is 6.04. The number of para-hydroxylation sites is 1. The van der Waals surface area contributed by atoms with E-state index < -0.39 is 0 Å². The minimum Gasteiger partial charge on any atom is -0.507 e. The van der Waals surface area contributed by atoms with Crippen molar-refractivity contribution in [3.05, 3.63) is 36.4 Å². The van der Waals surface area contributed by atoms with E-state index in [0.29, 0.717) is 0 Å². The number of phenolic OH excluding ortho intramolecular Hbond substituents is 1. The standard InChI is InChI=1S/C8H8O.Na/c1-2-7-5-3-4-6-8(7)9;/h2-6,9H,1H2;. The summed E-state index contributed by atoms with van der Waals surface area (Å²) in [5.74, 6) is 0.285. The first-order valence-corrected chi connectivity index (χ1v) is 2.75. The maximum atomic E-state index is 9.04. The van der Waals surface area contributed by atoms with Crippen molar-refractivity contribution in [3.8, 4) is 5.75 Å². The van der Waals surface area contributed by atoms with Gasteiger partial charge >= 0.3 is 0 Å². The van der Waals surface area contributed by atoms with Crippen LogP contribution < -0.4 is 0 Å². The molecule has 1 N–H and O–H groups in total. The van der Waals surface area contributed by atoms with Gasteiger partial charge in [0.15, 0.2) is 0 Å². The molecule has 0 aliphatic rings. The van der Waals surface area contributed by atoms with E-state index in [-0.39, 0.29) is 35.3 Å². The second kappa shape index (κ2) is 4.56. The first-order chi connectivity index (χ1) is 4.34. The minimum atomic E-state index is 0. The Bertz CT molecular complexity index is 220. The number of aromatic hydroxyl groups is 1. The molecule has 0 bridgehead atoms. The average molecular weight is 143 g/mol. The Morgan fingerprint density at radius 2 is 1.90 bits per heavy atom. The van der Waals surface area contributed by atoms with E-state index in [2.05, 4.69) is 6.58 Å². The zero-order chi connectivity index (χ0) is 6.69. The maximum absolute atomic E-state index is 9.04. The van der Waals surface area contributed by atoms with Crippen LogP contribution in [0, 0.1) is 0 Å². The molecule has 10 heavy (non-hydrogen) atoms. The molecule has 0 aliphatic heterocycles. The van der Waals surface area contributed by atoms with E-state index in [4.69, 9.17) is 5.11 Å². The molecular formula is C8H8NaO. The molecule has 47 valence electrons. The van der Waals surface area contributed by atoms with Crippen molar-refractivity contribution in [3.63, 3.8) is 0 Å². The van der Waals surface area contributed by atoms with Gasteiger partial charge < -0.3 is 5.11 Å². The van der Waals surface area contributed by atoms with Crippen LogP contribution in [0.1, 0.15) is 5.56 Å². The Kier molecular flexibility index (Phi) is 4.45. The number of benzene rings is 1. The van der Waals surface area contributed by atoms with Gasteiger partial charge in [-0.15, -0.1) is 0 Å². The Morgan fingerprint density at radius 3 is 2.30 bits per heavy atom. The summed E-state index contributed by atoms with van der Waals surface area (Å²) in [7, 11) is 0. The van der Waals surface area contributed by atoms with Crippen molar-refractivity contribution in [1.29, 1.82) is 0 Å². The van der Waals surface area contributed by atoms with Gasteiger partial charge in [-0.2, -0.15) is 0 Å². The normalized spacial score (nSPS) is 8.00. The molecule has 1 aromatic rings. The van der Waals surface area contributed by atoms with Crippen molar-refractivity contribution in [2.45, 2.75) is 0 Å². The van der Waals surface area contributed by atoms with Crippen LogP contribution in [0.5, 0.6) is 5.75 Å². The summed E-state index contributed by atoms with van der Waals surface area (Å²) in [6, 6.07) is 7.08. The second-order valence-corrected chi connectivity index (χ2v) is 1.76. The van der Waals surface area contributed by atoms with Crippen LogP contribution in [0.25, 0.3) is 6.08 Å². The van der Waals surface area contributed by atoms with Crippen LogP contribution in [-0.4, -0.2) is 34.7 Å². The maximum Gasteiger partial charge on any atom is 0.122 e. The van der Waals surface area contributed by atoms with Crippen LogP contribution in [0.3, 0.4) is 0 Å². The number of hydrogen-bond acceptors (Lipinski definition) is 1. The summed E-state index contributed by atoms with van der Waals surface area (Å²) in [6.07, 6.45) is 1.62. The van der Waals surface area contributed by atoms with Gasteiger partial charge in [0.2, 0.25) is 0 Å². The molecule has 0 fully saturated rings. The third-order valence-corrected chi connectivity index (χ3v) is 1.16. The summed E-state index contributed by atoms with van der Waals surface area (Å²) < 4.78 is 0. The molecule has 1 nitrogen and oxygen atoms in total. The molecule has 0 amide bonds. The quantitative estimate of drug-likeness (QED) is 0.592. The van der Waals surface area contributed by atoms with Crippen molar-refractivity contribution >= 4 is 35.6 Å². The summed E-state index contributed by atoms with van der Waals surface area (Å²) in [6.45, 7) is 3.53. The van der Waals surface area contributed by atoms with Gasteiger partial charge in [0.05, 0.1) is 0 Å². The van der Waals surface area contributed by atoms with Gasteiger partial charge in [-0.3, -0.25) is 0 Å². The fourth-order valence-electron chi connectivity index (χ4n) is 0.660. The summed E-state index contributed by atoms with van der Waals surface area (Å²) in [5.41, 5.74) is 0.775. The van der Waals surface area contributed by atoms with Gasteiger partial charge in [-0.25, -0.2) is 0 Å². The first-order valence-electron chi connectivity index (χ1n) is 2.75. The van der Waals surface area contributed by atoms with E-state index in [0.717, 1.165) is 5.56 Å². The molecule has 0 unspecified atom stereocenters. The molecule has 1 aromatic carbocycles. The van der Waals surface area contributed by atoms with Crippen molar-refractivity contribution < 1.29 is 5.11 Å². The molecule has 0 saturated heterocycles. The molecule has 0 spiro atoms. The van der Waals surface area contributed by atoms with E-state index in [1.54, 1.807) is 18.2 Å². The van der Waals surface area contributed by atoms with Crippen LogP contribution in [-0.2, 0) is 0 Å². The zero-order valence-corrected chi connectivity index (χ0v) is 8.04. The summed E-state index contributed by atoms with van der Waals surface area (Å²) in [4.78, 5) is 0. The van der Waals surface area contributed by atoms with Crippen molar-refractivity contribution in [2.75, 3.05) is 0 Å². The molecule has 1 radical (unpaired) electrons. The fraction of sp³-hybridized carbons (Fsp3) is 0. The van der Waals surface area contributed by atoms with Crippen LogP contribution in [0.4, 0.5) is 0 Å². The van der Waals surface area contributed by atoms with Crippen LogP contribution >= 0.6 is 0 Å². The number of rotatable bonds is 1. The fourth-order valence-corrected chi connectivity index (χ4v) is 0.660. The topological polar surface area (TPSA) is 20.2 Å². The Hall–Kier alpha value is -0.240. The molecule has 0 saturated carbocycles. The SMILES string of the molecule is C=Cc1ccccc1O.[Na]. The molecular weight excluding hydrogens is 135 g/mol. The average Bonchev–Trinajstić information content (AvgIpc) is 1.89. The molecule has 0 aliphatic carbocycles. The smallest absolute Gasteiger partial charge is 0.122 e. The molecule has 1 rings (SSSR count). The predicted molar refractivity (Wildman–Crippen MR) is 44.0 cm³/mol. The van der Waals surface area contributed by atoms with E-state index >= 15 is 0 Å². The van der Waals surface area contributed by atoms with Gasteiger partial charge in [0.1, 0.15) is 5.75 Å². The van der Waals surface area contributed by atoms with Gasteiger partial charge in [-0.05, 0) is 6.07 Å². The molecule has 0 atom stereocenters. The Balaban J connectivity index is 0.000000810. The van der Waals surface area contributed by atoms with E-state index in [9.17, 15) is 0 Å². The van der Waals surface area contributed by atoms with E-state index in [1.807, 2.05) is 12.1 Å². The molecule has 0 aromatic heterocycles. The Morgan fingerprint density at radius 1 is 1.30 bits per heavy atom. The van der Waals surface area contributed by atoms with Gasteiger partial charge in [0, 0.05) is 35.1 Å². The third-order valence-electron chi connectivity index (χ3n) is 1.16. The third kappa shape index (κ3) is 2.18. The number of hydrogen-bond donors (Lipinski definition) is 1. The van der Waals surface area contributed by atoms with Crippen molar-refractivity contribution in [2.24, 2.45) is 0 Å². The van der Waals surface area contributed by atoms with Crippen LogP contribution in [0.15, 0.2) is 30.8 Å². The van der Waals surface area contributed by atoms with Crippen LogP contribution in [0.2, 0.25) is 0 Å². The van der Waals surface area contributed by atoms with Crippen molar-refractivity contribution in [1.82, 2.24) is 0 Å². The van der Waals surface area contributed by atoms with Gasteiger partial charge in [-0.1, -0.05) is 30.9 Å². The van der Waals surface area contributed by atoms with Gasteiger partial charge in [0.25, 0.3) is 0 Å². The second-order valence-electron chi connectivity index (χ2n) is 1.76. The Labute approximate surface area is 82.7 Å². The van der Waals surface area contributed by atoms with E-state index in [1.165, 1.54) is 0 Å².